The van der Waals surface area contributed by atoms with Gasteiger partial charge in [0.2, 0.25) is 24.3 Å². The van der Waals surface area contributed by atoms with E-state index in [4.69, 9.17) is 19.8 Å². The fraction of sp³-hybridized carbons (Fsp3) is 0.0769. The molecule has 14 nitrogen and oxygen atoms in total. The zero-order valence-electron chi connectivity index (χ0n) is 20.9. The largest absolute Gasteiger partial charge is 0.543 e. The summed E-state index contributed by atoms with van der Waals surface area (Å²) in [6.45, 7) is 1.52. The summed E-state index contributed by atoms with van der Waals surface area (Å²) in [5.41, 5.74) is 5.65. The van der Waals surface area contributed by atoms with Gasteiger partial charge < -0.3 is 29.8 Å². The molecule has 202 valence electrons. The van der Waals surface area contributed by atoms with E-state index in [0.29, 0.717) is 11.3 Å². The molecule has 4 heterocycles. The lowest BCUT2D eigenvalue weighted by atomic mass is 10.2. The molecule has 0 aliphatic heterocycles. The third kappa shape index (κ3) is 7.55. The Morgan fingerprint density at radius 2 is 1.05 bits per heavy atom. The van der Waals surface area contributed by atoms with Crippen LogP contribution in [0.1, 0.15) is 11.1 Å². The van der Waals surface area contributed by atoms with Crippen LogP contribution >= 0.6 is 0 Å². The van der Waals surface area contributed by atoms with Gasteiger partial charge in [-0.3, -0.25) is 10.6 Å². The first kappa shape index (κ1) is 27.1. The maximum absolute atomic E-state index is 8.93. The normalized spacial score (nSPS) is 10.1. The number of hydrogen-bond donors (Lipinski definition) is 4. The molecule has 2 aromatic carbocycles. The molecular formula is C26H24N10O4. The van der Waals surface area contributed by atoms with Gasteiger partial charge in [0.15, 0.2) is 11.0 Å². The number of nitrogens with one attached hydrogen (secondary N) is 6. The van der Waals surface area contributed by atoms with Crippen LogP contribution in [-0.4, -0.2) is 41.8 Å². The summed E-state index contributed by atoms with van der Waals surface area (Å²) in [6.07, 6.45) is 6.55. The second kappa shape index (κ2) is 13.6. The van der Waals surface area contributed by atoms with Crippen LogP contribution in [0.3, 0.4) is 0 Å². The molecule has 0 atom stereocenters. The predicted molar refractivity (Wildman–Crippen MR) is 138 cm³/mol. The monoisotopic (exact) mass is 540 g/mol. The van der Waals surface area contributed by atoms with Crippen molar-refractivity contribution in [3.05, 3.63) is 97.1 Å². The van der Waals surface area contributed by atoms with Crippen molar-refractivity contribution in [2.45, 2.75) is 13.1 Å². The zero-order valence-corrected chi connectivity index (χ0v) is 20.9. The number of carboxylic acid groups (broad SMARTS) is 2. The van der Waals surface area contributed by atoms with E-state index in [9.17, 15) is 0 Å². The first-order valence-electron chi connectivity index (χ1n) is 11.9. The number of anilines is 2. The molecule has 6 aromatic rings. The number of benzene rings is 2. The molecule has 0 amide bonds. The summed E-state index contributed by atoms with van der Waals surface area (Å²) in [4.78, 5) is 46.6. The average Bonchev–Trinajstić information content (AvgIpc) is 3.67. The number of carbonyl (C=O) groups excluding carboxylic acids is 2. The van der Waals surface area contributed by atoms with E-state index >= 15 is 0 Å². The highest BCUT2D eigenvalue weighted by molar-refractivity contribution is 6.25. The minimum absolute atomic E-state index is 0.708. The van der Waals surface area contributed by atoms with Gasteiger partial charge in [0.1, 0.15) is 0 Å². The molecule has 0 aliphatic carbocycles. The Morgan fingerprint density at radius 3 is 1.43 bits per heavy atom. The number of aromatic nitrogens is 8. The lowest BCUT2D eigenvalue weighted by Gasteiger charge is -2.01. The topological polar surface area (TPSA) is 216 Å². The molecule has 0 bridgehead atoms. The number of aromatic amines is 4. The van der Waals surface area contributed by atoms with Crippen molar-refractivity contribution in [1.29, 1.82) is 0 Å². The van der Waals surface area contributed by atoms with Crippen molar-refractivity contribution in [2.24, 2.45) is 0 Å². The zero-order chi connectivity index (χ0) is 28.2. The van der Waals surface area contributed by atoms with Crippen LogP contribution in [0.25, 0.3) is 22.3 Å². The highest BCUT2D eigenvalue weighted by Gasteiger charge is 2.11. The molecule has 14 heteroatoms. The molecule has 0 saturated carbocycles. The first-order chi connectivity index (χ1) is 19.5. The molecule has 0 spiro atoms. The Bertz CT molecular complexity index is 1550. The van der Waals surface area contributed by atoms with Gasteiger partial charge in [0.25, 0.3) is 11.3 Å². The maximum atomic E-state index is 8.93. The molecular weight excluding hydrogens is 516 g/mol. The summed E-state index contributed by atoms with van der Waals surface area (Å²) in [7, 11) is 0. The van der Waals surface area contributed by atoms with Crippen LogP contribution in [0.4, 0.5) is 11.6 Å². The highest BCUT2D eigenvalue weighted by Crippen LogP contribution is 2.13. The minimum atomic E-state index is -2.19. The number of carboxylic acids is 2. The Labute approximate surface area is 226 Å². The SMILES string of the molecule is O=C([O-])C(=O)[O-].c1ccc(CNc2[nH+]cnc3nc[nH]c23)cc1.c1ccc(CNc2[nH+]cnc3nc[nH]c23)cc1. The van der Waals surface area contributed by atoms with Gasteiger partial charge in [-0.1, -0.05) is 70.6 Å². The summed E-state index contributed by atoms with van der Waals surface area (Å²) in [6, 6.07) is 20.5. The number of rotatable bonds is 6. The van der Waals surface area contributed by atoms with E-state index in [1.165, 1.54) is 11.1 Å². The first-order valence-corrected chi connectivity index (χ1v) is 11.9. The summed E-state index contributed by atoms with van der Waals surface area (Å²) >= 11 is 0. The van der Waals surface area contributed by atoms with Crippen molar-refractivity contribution < 1.29 is 29.8 Å². The molecule has 6 N–H and O–H groups in total. The van der Waals surface area contributed by atoms with E-state index in [-0.39, 0.29) is 0 Å². The van der Waals surface area contributed by atoms with Gasteiger partial charge in [0.05, 0.1) is 37.7 Å². The lowest BCUT2D eigenvalue weighted by molar-refractivity contribution is -0.364. The van der Waals surface area contributed by atoms with Crippen LogP contribution in [0.15, 0.2) is 86.0 Å². The number of aliphatic carboxylic acids is 2. The predicted octanol–water partition coefficient (Wildman–Crippen LogP) is -0.746. The minimum Gasteiger partial charge on any atom is -0.543 e. The number of nitrogens with zero attached hydrogens (tertiary/aromatic N) is 4. The van der Waals surface area contributed by atoms with E-state index in [2.05, 4.69) is 74.8 Å². The second-order valence-corrected chi connectivity index (χ2v) is 8.01. The molecule has 0 radical (unpaired) electrons. The fourth-order valence-corrected chi connectivity index (χ4v) is 3.45. The van der Waals surface area contributed by atoms with Crippen molar-refractivity contribution in [2.75, 3.05) is 10.6 Å². The summed E-state index contributed by atoms with van der Waals surface area (Å²) < 4.78 is 0. The molecule has 6 rings (SSSR count). The van der Waals surface area contributed by atoms with Crippen LogP contribution in [0.2, 0.25) is 0 Å². The van der Waals surface area contributed by atoms with Gasteiger partial charge in [-0.05, 0) is 11.1 Å². The quantitative estimate of drug-likeness (QED) is 0.194. The third-order valence-electron chi connectivity index (χ3n) is 5.32. The number of imidazole rings is 2. The van der Waals surface area contributed by atoms with E-state index in [0.717, 1.165) is 35.8 Å². The summed E-state index contributed by atoms with van der Waals surface area (Å²) in [5, 5.41) is 24.5. The Balaban J connectivity index is 0.000000155. The Hall–Kier alpha value is -5.92. The maximum Gasteiger partial charge on any atom is 0.260 e. The molecule has 0 fully saturated rings. The fourth-order valence-electron chi connectivity index (χ4n) is 3.45. The number of hydrogen-bond acceptors (Lipinski definition) is 10. The van der Waals surface area contributed by atoms with Crippen LogP contribution < -0.4 is 30.8 Å². The molecule has 40 heavy (non-hydrogen) atoms. The van der Waals surface area contributed by atoms with Gasteiger partial charge >= 0.3 is 0 Å². The lowest BCUT2D eigenvalue weighted by Crippen LogP contribution is -2.42. The van der Waals surface area contributed by atoms with Gasteiger partial charge in [0, 0.05) is 0 Å². The second-order valence-electron chi connectivity index (χ2n) is 8.01. The van der Waals surface area contributed by atoms with Crippen LogP contribution in [0, 0.1) is 0 Å². The van der Waals surface area contributed by atoms with Gasteiger partial charge in [-0.25, -0.2) is 19.9 Å². The van der Waals surface area contributed by atoms with Crippen LogP contribution in [-0.2, 0) is 22.7 Å². The van der Waals surface area contributed by atoms with Crippen LogP contribution in [0.5, 0.6) is 0 Å². The smallest absolute Gasteiger partial charge is 0.260 e. The molecule has 0 aliphatic rings. The number of carbonyl (C=O) groups is 2. The highest BCUT2D eigenvalue weighted by atomic mass is 16.4. The van der Waals surface area contributed by atoms with E-state index < -0.39 is 11.9 Å². The molecule has 4 aromatic heterocycles. The molecule has 0 unspecified atom stereocenters. The standard InChI is InChI=1S/2C12H11N5.C2H2O4/c2*1-2-4-9(5-3-1)6-13-11-10-12(15-7-14-10)17-8-16-11;3-1(4)2(5)6/h2*1-5,7-8H,6H2,(H2,13,14,15,16,17);(H,3,4)(H,5,6). The van der Waals surface area contributed by atoms with Gasteiger partial charge in [-0.15, -0.1) is 0 Å². The average molecular weight is 541 g/mol. The number of H-pyrrole nitrogens is 4. The summed E-state index contributed by atoms with van der Waals surface area (Å²) in [5.74, 6) is -2.57. The molecule has 0 saturated heterocycles. The van der Waals surface area contributed by atoms with Crippen molar-refractivity contribution in [1.82, 2.24) is 29.9 Å². The Kier molecular flexibility index (Phi) is 9.20. The van der Waals surface area contributed by atoms with Gasteiger partial charge in [-0.2, -0.15) is 0 Å². The van der Waals surface area contributed by atoms with Crippen molar-refractivity contribution in [3.8, 4) is 0 Å². The van der Waals surface area contributed by atoms with Crippen molar-refractivity contribution in [3.63, 3.8) is 0 Å². The third-order valence-corrected chi connectivity index (χ3v) is 5.32. The van der Waals surface area contributed by atoms with Crippen molar-refractivity contribution >= 4 is 45.9 Å². The number of fused-ring (bicyclic) bond motifs is 2. The Morgan fingerprint density at radius 1 is 0.650 bits per heavy atom. The van der Waals surface area contributed by atoms with E-state index in [1.807, 2.05) is 36.4 Å². The van der Waals surface area contributed by atoms with E-state index in [1.54, 1.807) is 25.3 Å².